The minimum atomic E-state index is -0.242. The van der Waals surface area contributed by atoms with E-state index in [0.717, 1.165) is 25.9 Å². The van der Waals surface area contributed by atoms with Gasteiger partial charge >= 0.3 is 0 Å². The van der Waals surface area contributed by atoms with Crippen LogP contribution < -0.4 is 25.4 Å². The van der Waals surface area contributed by atoms with Gasteiger partial charge in [-0.05, 0) is 44.9 Å². The molecule has 1 aliphatic rings. The van der Waals surface area contributed by atoms with Gasteiger partial charge in [0.15, 0.2) is 5.16 Å². The van der Waals surface area contributed by atoms with Gasteiger partial charge in [0.05, 0.1) is 18.5 Å². The molecule has 168 valence electrons. The van der Waals surface area contributed by atoms with Crippen LogP contribution in [0.2, 0.25) is 0 Å². The number of nitrogens with zero attached hydrogens (tertiary/aromatic N) is 5. The Kier molecular flexibility index (Phi) is 8.52. The summed E-state index contributed by atoms with van der Waals surface area (Å²) in [4.78, 5) is 32.4. The number of alkyl halides is 1. The number of carbonyl (C=O) groups is 1. The molecule has 1 amide bonds. The molecule has 12 heteroatoms. The summed E-state index contributed by atoms with van der Waals surface area (Å²) in [6.07, 6.45) is 3.42. The monoisotopic (exact) mass is 511 g/mol. The molecule has 2 aromatic heterocycles. The van der Waals surface area contributed by atoms with Crippen molar-refractivity contribution in [2.24, 2.45) is 0 Å². The maximum atomic E-state index is 11.7. The third-order valence-corrected chi connectivity index (χ3v) is 5.73. The van der Waals surface area contributed by atoms with Gasteiger partial charge in [-0.3, -0.25) is 4.79 Å². The second kappa shape index (κ2) is 11.3. The number of halogens is 1. The molecule has 3 N–H and O–H groups in total. The van der Waals surface area contributed by atoms with Crippen molar-refractivity contribution in [2.75, 3.05) is 47.6 Å². The number of aromatic nitrogens is 4. The van der Waals surface area contributed by atoms with E-state index in [0.29, 0.717) is 46.8 Å². The van der Waals surface area contributed by atoms with Crippen LogP contribution in [-0.2, 0) is 4.79 Å². The van der Waals surface area contributed by atoms with Crippen LogP contribution in [0.1, 0.15) is 33.1 Å². The van der Waals surface area contributed by atoms with Crippen molar-refractivity contribution in [3.05, 3.63) is 6.07 Å². The van der Waals surface area contributed by atoms with E-state index in [2.05, 4.69) is 46.1 Å². The molecule has 0 unspecified atom stereocenters. The highest BCUT2D eigenvalue weighted by atomic mass is 79.9. The summed E-state index contributed by atoms with van der Waals surface area (Å²) in [6, 6.07) is 1.49. The number of nitrogen functional groups attached to an aromatic ring is 1. The molecule has 0 atom stereocenters. The van der Waals surface area contributed by atoms with E-state index in [-0.39, 0.29) is 17.1 Å². The molecule has 0 saturated carbocycles. The van der Waals surface area contributed by atoms with E-state index in [1.54, 1.807) is 0 Å². The molecule has 10 nitrogen and oxygen atoms in total. The van der Waals surface area contributed by atoms with Crippen molar-refractivity contribution in [1.29, 1.82) is 0 Å². The molecule has 0 bridgehead atoms. The van der Waals surface area contributed by atoms with E-state index >= 15 is 0 Å². The zero-order valence-electron chi connectivity index (χ0n) is 17.6. The minimum Gasteiger partial charge on any atom is -0.477 e. The highest BCUT2D eigenvalue weighted by Gasteiger charge is 2.23. The van der Waals surface area contributed by atoms with Crippen molar-refractivity contribution in [1.82, 2.24) is 19.9 Å². The molecule has 2 aromatic rings. The molecule has 3 rings (SSSR count). The topological polar surface area (TPSA) is 128 Å². The Morgan fingerprint density at radius 1 is 1.13 bits per heavy atom. The first-order valence-electron chi connectivity index (χ1n) is 10.1. The summed E-state index contributed by atoms with van der Waals surface area (Å²) in [5.74, 6) is 1.69. The summed E-state index contributed by atoms with van der Waals surface area (Å²) in [5.41, 5.74) is 5.92. The number of amides is 1. The highest BCUT2D eigenvalue weighted by molar-refractivity contribution is 9.09. The third kappa shape index (κ3) is 6.33. The molecule has 1 fully saturated rings. The Morgan fingerprint density at radius 2 is 1.77 bits per heavy atom. The number of nitrogens with two attached hydrogens (primary N) is 1. The second-order valence-electron chi connectivity index (χ2n) is 6.62. The van der Waals surface area contributed by atoms with Gasteiger partial charge in [-0.15, -0.1) is 0 Å². The fourth-order valence-corrected chi connectivity index (χ4v) is 4.01. The number of piperidine rings is 1. The first-order chi connectivity index (χ1) is 15.0. The lowest BCUT2D eigenvalue weighted by molar-refractivity contribution is -0.113. The van der Waals surface area contributed by atoms with Gasteiger partial charge in [0.1, 0.15) is 16.5 Å². The average molecular weight is 512 g/mol. The summed E-state index contributed by atoms with van der Waals surface area (Å²) >= 11 is 4.29. The Morgan fingerprint density at radius 3 is 2.35 bits per heavy atom. The summed E-state index contributed by atoms with van der Waals surface area (Å²) in [7, 11) is 0. The van der Waals surface area contributed by atoms with Crippen LogP contribution in [0, 0.1) is 0 Å². The number of anilines is 3. The van der Waals surface area contributed by atoms with Gasteiger partial charge in [-0.2, -0.15) is 9.97 Å². The van der Waals surface area contributed by atoms with Crippen molar-refractivity contribution in [2.45, 2.75) is 43.2 Å². The van der Waals surface area contributed by atoms with Crippen LogP contribution in [0.3, 0.4) is 0 Å². The zero-order valence-corrected chi connectivity index (χ0v) is 20.0. The highest BCUT2D eigenvalue weighted by Crippen LogP contribution is 2.40. The molecule has 0 radical (unpaired) electrons. The average Bonchev–Trinajstić information content (AvgIpc) is 2.76. The van der Waals surface area contributed by atoms with Gasteiger partial charge in [-0.1, -0.05) is 15.9 Å². The molecule has 1 saturated heterocycles. The standard InChI is InChI=1S/C19H26BrN7O3S/c1-3-29-16-15(31-19-22-12(21)10-13(24-19)23-14(28)11-20)17(30-4-2)26-18(25-16)27-8-6-5-7-9-27/h10H,3-9,11H2,1-2H3,(H3,21,22,23,24,28). The van der Waals surface area contributed by atoms with Gasteiger partial charge < -0.3 is 25.4 Å². The predicted octanol–water partition coefficient (Wildman–Crippen LogP) is 3.12. The third-order valence-electron chi connectivity index (χ3n) is 4.30. The van der Waals surface area contributed by atoms with Gasteiger partial charge in [0.25, 0.3) is 0 Å². The van der Waals surface area contributed by atoms with E-state index < -0.39 is 0 Å². The van der Waals surface area contributed by atoms with E-state index in [4.69, 9.17) is 15.2 Å². The quantitative estimate of drug-likeness (QED) is 0.382. The molecular weight excluding hydrogens is 486 g/mol. The number of nitrogens with one attached hydrogen (secondary N) is 1. The van der Waals surface area contributed by atoms with Crippen molar-refractivity contribution >= 4 is 51.2 Å². The Labute approximate surface area is 193 Å². The Bertz CT molecular complexity index is 885. The van der Waals surface area contributed by atoms with Crippen LogP contribution in [0.15, 0.2) is 16.1 Å². The van der Waals surface area contributed by atoms with Gasteiger partial charge in [-0.25, -0.2) is 9.97 Å². The van der Waals surface area contributed by atoms with Crippen LogP contribution in [0.25, 0.3) is 0 Å². The lowest BCUT2D eigenvalue weighted by Crippen LogP contribution is -2.31. The van der Waals surface area contributed by atoms with E-state index in [1.165, 1.54) is 24.2 Å². The summed E-state index contributed by atoms with van der Waals surface area (Å²) < 4.78 is 11.7. The zero-order chi connectivity index (χ0) is 22.2. The number of rotatable bonds is 9. The van der Waals surface area contributed by atoms with E-state index in [9.17, 15) is 4.79 Å². The summed E-state index contributed by atoms with van der Waals surface area (Å²) in [6.45, 7) is 6.45. The van der Waals surface area contributed by atoms with Crippen molar-refractivity contribution in [3.63, 3.8) is 0 Å². The molecule has 0 aliphatic carbocycles. The van der Waals surface area contributed by atoms with Crippen LogP contribution in [0.5, 0.6) is 11.8 Å². The first-order valence-corrected chi connectivity index (χ1v) is 12.1. The maximum absolute atomic E-state index is 11.7. The van der Waals surface area contributed by atoms with Crippen LogP contribution >= 0.6 is 27.7 Å². The number of hydrogen-bond donors (Lipinski definition) is 2. The minimum absolute atomic E-state index is 0.147. The second-order valence-corrected chi connectivity index (χ2v) is 8.16. The number of carbonyl (C=O) groups excluding carboxylic acids is 1. The summed E-state index contributed by atoms with van der Waals surface area (Å²) in [5, 5.41) is 3.13. The molecule has 3 heterocycles. The van der Waals surface area contributed by atoms with Crippen molar-refractivity contribution in [3.8, 4) is 11.8 Å². The Hall–Kier alpha value is -2.34. The lowest BCUT2D eigenvalue weighted by Gasteiger charge is -2.27. The van der Waals surface area contributed by atoms with E-state index in [1.807, 2.05) is 13.8 Å². The maximum Gasteiger partial charge on any atom is 0.236 e. The molecule has 0 spiro atoms. The molecule has 1 aliphatic heterocycles. The van der Waals surface area contributed by atoms with Crippen LogP contribution in [-0.4, -0.2) is 57.5 Å². The fourth-order valence-electron chi connectivity index (χ4n) is 3.01. The number of ether oxygens (including phenoxy) is 2. The van der Waals surface area contributed by atoms with Crippen LogP contribution in [0.4, 0.5) is 17.6 Å². The lowest BCUT2D eigenvalue weighted by atomic mass is 10.1. The first kappa shape index (κ1) is 23.3. The molecule has 0 aromatic carbocycles. The molecular formula is C19H26BrN7O3S. The predicted molar refractivity (Wildman–Crippen MR) is 123 cm³/mol. The number of hydrogen-bond acceptors (Lipinski definition) is 10. The fraction of sp³-hybridized carbons (Fsp3) is 0.526. The van der Waals surface area contributed by atoms with Crippen molar-refractivity contribution < 1.29 is 14.3 Å². The normalized spacial score (nSPS) is 13.7. The largest absolute Gasteiger partial charge is 0.477 e. The van der Waals surface area contributed by atoms with Gasteiger partial charge in [0.2, 0.25) is 23.6 Å². The smallest absolute Gasteiger partial charge is 0.236 e. The molecule has 31 heavy (non-hydrogen) atoms. The SMILES string of the molecule is CCOc1nc(N2CCCCC2)nc(OCC)c1Sc1nc(N)cc(NC(=O)CBr)n1. The van der Waals surface area contributed by atoms with Gasteiger partial charge in [0, 0.05) is 19.2 Å². The Balaban J connectivity index is 1.97.